The third kappa shape index (κ3) is 5.57. The van der Waals surface area contributed by atoms with Gasteiger partial charge in [-0.3, -0.25) is 0 Å². The van der Waals surface area contributed by atoms with Gasteiger partial charge < -0.3 is 0 Å². The van der Waals surface area contributed by atoms with Gasteiger partial charge >= 0.3 is 0 Å². The van der Waals surface area contributed by atoms with Gasteiger partial charge in [-0.05, 0) is 24.7 Å². The van der Waals surface area contributed by atoms with Gasteiger partial charge in [0.25, 0.3) is 0 Å². The molecule has 0 bridgehead atoms. The van der Waals surface area contributed by atoms with Gasteiger partial charge in [0.15, 0.2) is 0 Å². The molecule has 1 aliphatic rings. The normalized spacial score (nSPS) is 32.1. The van der Waals surface area contributed by atoms with Crippen LogP contribution in [0.5, 0.6) is 0 Å². The molecule has 0 aromatic carbocycles. The summed E-state index contributed by atoms with van der Waals surface area (Å²) in [5.74, 6) is 2.01. The summed E-state index contributed by atoms with van der Waals surface area (Å²) in [5.41, 5.74) is 0. The maximum Gasteiger partial charge on any atom is 0.00237 e. The molecule has 1 unspecified atom stereocenters. The number of hydrogen-bond acceptors (Lipinski definition) is 0. The van der Waals surface area contributed by atoms with Gasteiger partial charge in [-0.1, -0.05) is 74.5 Å². The molecule has 0 N–H and O–H groups in total. The second-order valence-corrected chi connectivity index (χ2v) is 5.93. The minimum atomic E-state index is 0.985. The summed E-state index contributed by atoms with van der Waals surface area (Å²) in [7, 11) is 0. The van der Waals surface area contributed by atoms with E-state index in [1.54, 1.807) is 0 Å². The molecule has 1 rings (SSSR count). The Labute approximate surface area is 103 Å². The minimum absolute atomic E-state index is 0.985. The Hall–Kier alpha value is 0.730. The molecule has 2 atom stereocenters. The first-order valence-electron chi connectivity index (χ1n) is 6.39. The minimum Gasteiger partial charge on any atom is -0.0861 e. The third-order valence-corrected chi connectivity index (χ3v) is 4.84. The average molecular weight is 308 g/mol. The summed E-state index contributed by atoms with van der Waals surface area (Å²) in [6.45, 7) is 2.45. The highest BCUT2D eigenvalue weighted by molar-refractivity contribution is 14.1. The van der Waals surface area contributed by atoms with Crippen LogP contribution in [0.3, 0.4) is 0 Å². The summed E-state index contributed by atoms with van der Waals surface area (Å²) in [4.78, 5) is 0. The van der Waals surface area contributed by atoms with E-state index in [0.29, 0.717) is 0 Å². The van der Waals surface area contributed by atoms with E-state index in [9.17, 15) is 0 Å². The lowest BCUT2D eigenvalue weighted by molar-refractivity contribution is 0.400. The molecule has 0 radical (unpaired) electrons. The van der Waals surface area contributed by atoms with Crippen molar-refractivity contribution in [2.45, 2.75) is 64.7 Å². The lowest BCUT2D eigenvalue weighted by Crippen LogP contribution is -2.04. The molecular weight excluding hydrogens is 283 g/mol. The molecule has 14 heavy (non-hydrogen) atoms. The van der Waals surface area contributed by atoms with Crippen LogP contribution in [0.1, 0.15) is 64.7 Å². The van der Waals surface area contributed by atoms with E-state index in [4.69, 9.17) is 0 Å². The highest BCUT2D eigenvalue weighted by Crippen LogP contribution is 2.25. The van der Waals surface area contributed by atoms with E-state index in [0.717, 1.165) is 11.8 Å². The van der Waals surface area contributed by atoms with Gasteiger partial charge in [0, 0.05) is 4.43 Å². The molecule has 0 aromatic heterocycles. The first-order chi connectivity index (χ1) is 6.83. The predicted molar refractivity (Wildman–Crippen MR) is 73.1 cm³/mol. The van der Waals surface area contributed by atoms with E-state index in [2.05, 4.69) is 29.5 Å². The number of alkyl halides is 1. The first-order valence-corrected chi connectivity index (χ1v) is 7.91. The smallest absolute Gasteiger partial charge is 0.00237 e. The van der Waals surface area contributed by atoms with Crippen LogP contribution in [-0.4, -0.2) is 4.43 Å². The summed E-state index contributed by atoms with van der Waals surface area (Å²) < 4.78 is 1.38. The zero-order chi connectivity index (χ0) is 10.2. The van der Waals surface area contributed by atoms with Gasteiger partial charge in [-0.25, -0.2) is 0 Å². The van der Waals surface area contributed by atoms with Crippen molar-refractivity contribution in [3.8, 4) is 0 Å². The molecule has 0 saturated heterocycles. The molecule has 0 amide bonds. The van der Waals surface area contributed by atoms with E-state index in [-0.39, 0.29) is 0 Å². The first kappa shape index (κ1) is 12.8. The Morgan fingerprint density at radius 2 is 1.50 bits per heavy atom. The summed E-state index contributed by atoms with van der Waals surface area (Å²) in [6, 6.07) is 0. The van der Waals surface area contributed by atoms with Crippen molar-refractivity contribution in [1.82, 2.24) is 0 Å². The molecule has 1 aliphatic carbocycles. The Morgan fingerprint density at radius 3 is 2.21 bits per heavy atom. The lowest BCUT2D eigenvalue weighted by Gasteiger charge is -2.15. The van der Waals surface area contributed by atoms with Gasteiger partial charge in [-0.15, -0.1) is 0 Å². The van der Waals surface area contributed by atoms with E-state index >= 15 is 0 Å². The van der Waals surface area contributed by atoms with Crippen molar-refractivity contribution in [1.29, 1.82) is 0 Å². The number of rotatable bonds is 1. The zero-order valence-corrected chi connectivity index (χ0v) is 11.8. The summed E-state index contributed by atoms with van der Waals surface area (Å²) >= 11 is 2.58. The largest absolute Gasteiger partial charge is 0.0861 e. The predicted octanol–water partition coefficient (Wildman–Crippen LogP) is 5.20. The lowest BCUT2D eigenvalue weighted by atomic mass is 9.93. The molecule has 0 nitrogen and oxygen atoms in total. The van der Waals surface area contributed by atoms with Gasteiger partial charge in [0.1, 0.15) is 0 Å². The van der Waals surface area contributed by atoms with Gasteiger partial charge in [0.05, 0.1) is 0 Å². The van der Waals surface area contributed by atoms with Crippen molar-refractivity contribution < 1.29 is 0 Å². The molecule has 1 heteroatoms. The second kappa shape index (κ2) is 7.95. The van der Waals surface area contributed by atoms with Crippen LogP contribution < -0.4 is 0 Å². The topological polar surface area (TPSA) is 0 Å². The van der Waals surface area contributed by atoms with E-state index in [1.807, 2.05) is 0 Å². The zero-order valence-electron chi connectivity index (χ0n) is 9.60. The maximum absolute atomic E-state index is 2.58. The summed E-state index contributed by atoms with van der Waals surface area (Å²) in [5, 5.41) is 0. The fourth-order valence-corrected chi connectivity index (χ4v) is 3.30. The molecule has 0 heterocycles. The van der Waals surface area contributed by atoms with Gasteiger partial charge in [-0.2, -0.15) is 0 Å². The van der Waals surface area contributed by atoms with Crippen molar-refractivity contribution in [3.05, 3.63) is 0 Å². The third-order valence-electron chi connectivity index (χ3n) is 3.60. The fourth-order valence-electron chi connectivity index (χ4n) is 2.42. The van der Waals surface area contributed by atoms with Crippen LogP contribution >= 0.6 is 22.6 Å². The van der Waals surface area contributed by atoms with Crippen LogP contribution in [0.2, 0.25) is 0 Å². The molecule has 0 aliphatic heterocycles. The highest BCUT2D eigenvalue weighted by atomic mass is 127. The molecule has 1 fully saturated rings. The van der Waals surface area contributed by atoms with Crippen LogP contribution in [0, 0.1) is 11.8 Å². The van der Waals surface area contributed by atoms with E-state index < -0.39 is 0 Å². The van der Waals surface area contributed by atoms with Crippen LogP contribution in [-0.2, 0) is 0 Å². The number of hydrogen-bond donors (Lipinski definition) is 0. The van der Waals surface area contributed by atoms with Crippen molar-refractivity contribution in [3.63, 3.8) is 0 Å². The Morgan fingerprint density at radius 1 is 0.857 bits per heavy atom. The fraction of sp³-hybridized carbons (Fsp3) is 1.00. The standard InChI is InChI=1S/C13H25I/c1-12-7-5-3-2-4-6-8-13(11-14)10-9-12/h12-13H,2-11H2,1H3/t12?,13-/m1/s1. The van der Waals surface area contributed by atoms with Crippen LogP contribution in [0.15, 0.2) is 0 Å². The Balaban J connectivity index is 2.29. The van der Waals surface area contributed by atoms with Crippen LogP contribution in [0.25, 0.3) is 0 Å². The quantitative estimate of drug-likeness (QED) is 0.461. The average Bonchev–Trinajstić information content (AvgIpc) is 2.24. The Bertz CT molecular complexity index is 133. The monoisotopic (exact) mass is 308 g/mol. The van der Waals surface area contributed by atoms with Crippen molar-refractivity contribution in [2.24, 2.45) is 11.8 Å². The molecule has 0 spiro atoms. The molecule has 0 aromatic rings. The van der Waals surface area contributed by atoms with Crippen LogP contribution in [0.4, 0.5) is 0 Å². The molecule has 1 saturated carbocycles. The van der Waals surface area contributed by atoms with Crippen molar-refractivity contribution >= 4 is 22.6 Å². The highest BCUT2D eigenvalue weighted by Gasteiger charge is 2.11. The molecular formula is C13H25I. The van der Waals surface area contributed by atoms with Crippen molar-refractivity contribution in [2.75, 3.05) is 4.43 Å². The summed E-state index contributed by atoms with van der Waals surface area (Å²) in [6.07, 6.45) is 13.4. The molecule has 84 valence electrons. The maximum atomic E-state index is 2.58. The SMILES string of the molecule is CC1CCCCCCC[C@@H](CI)CC1. The van der Waals surface area contributed by atoms with E-state index in [1.165, 1.54) is 62.2 Å². The second-order valence-electron chi connectivity index (χ2n) is 5.05. The number of halogens is 1. The Kier molecular flexibility index (Phi) is 7.27. The van der Waals surface area contributed by atoms with Gasteiger partial charge in [0.2, 0.25) is 0 Å².